The summed E-state index contributed by atoms with van der Waals surface area (Å²) in [5.41, 5.74) is 6.07. The van der Waals surface area contributed by atoms with Crippen LogP contribution in [0.4, 0.5) is 0 Å². The zero-order valence-corrected chi connectivity index (χ0v) is 14.2. The van der Waals surface area contributed by atoms with Crippen LogP contribution < -0.4 is 15.2 Å². The number of rotatable bonds is 7. The van der Waals surface area contributed by atoms with Crippen molar-refractivity contribution < 1.29 is 19.1 Å². The minimum absolute atomic E-state index is 0.0464. The van der Waals surface area contributed by atoms with E-state index in [4.69, 9.17) is 15.2 Å². The van der Waals surface area contributed by atoms with E-state index in [2.05, 4.69) is 0 Å². The van der Waals surface area contributed by atoms with Crippen LogP contribution in [0.25, 0.3) is 6.08 Å². The largest absolute Gasteiger partial charge is 0.497 e. The number of nitrogens with zero attached hydrogens (tertiary/aromatic N) is 1. The van der Waals surface area contributed by atoms with Gasteiger partial charge in [-0.2, -0.15) is 0 Å². The molecule has 0 aliphatic heterocycles. The molecule has 0 heterocycles. The molecule has 1 saturated carbocycles. The number of nitrogens with two attached hydrogens (primary N) is 1. The van der Waals surface area contributed by atoms with Crippen molar-refractivity contribution in [3.05, 3.63) is 29.8 Å². The van der Waals surface area contributed by atoms with Crippen molar-refractivity contribution >= 4 is 17.9 Å². The predicted molar refractivity (Wildman–Crippen MR) is 91.7 cm³/mol. The molecule has 0 unspecified atom stereocenters. The highest BCUT2D eigenvalue weighted by molar-refractivity contribution is 5.94. The molecule has 1 aliphatic rings. The van der Waals surface area contributed by atoms with E-state index < -0.39 is 5.91 Å². The van der Waals surface area contributed by atoms with E-state index in [9.17, 15) is 9.59 Å². The van der Waals surface area contributed by atoms with E-state index in [1.54, 1.807) is 43.4 Å². The fourth-order valence-corrected chi connectivity index (χ4v) is 2.96. The zero-order valence-electron chi connectivity index (χ0n) is 14.2. The van der Waals surface area contributed by atoms with Crippen LogP contribution in [0.15, 0.2) is 24.3 Å². The summed E-state index contributed by atoms with van der Waals surface area (Å²) < 4.78 is 10.4. The predicted octanol–water partition coefficient (Wildman–Crippen LogP) is 1.97. The lowest BCUT2D eigenvalue weighted by Gasteiger charge is -2.26. The lowest BCUT2D eigenvalue weighted by molar-refractivity contribution is -0.133. The molecule has 2 amide bonds. The SMILES string of the molecule is COc1cc(/C=C\C(=O)N(CC(N)=O)C2CCCC2)cc(OC)c1. The van der Waals surface area contributed by atoms with E-state index in [0.29, 0.717) is 11.5 Å². The summed E-state index contributed by atoms with van der Waals surface area (Å²) in [6.45, 7) is -0.0464. The van der Waals surface area contributed by atoms with Gasteiger partial charge < -0.3 is 20.1 Å². The molecule has 2 rings (SSSR count). The molecule has 1 aromatic rings. The molecule has 24 heavy (non-hydrogen) atoms. The van der Waals surface area contributed by atoms with Gasteiger partial charge in [0.1, 0.15) is 11.5 Å². The Balaban J connectivity index is 2.15. The highest BCUT2D eigenvalue weighted by atomic mass is 16.5. The normalized spacial score (nSPS) is 14.8. The molecule has 0 bridgehead atoms. The minimum Gasteiger partial charge on any atom is -0.497 e. The van der Waals surface area contributed by atoms with E-state index in [-0.39, 0.29) is 18.5 Å². The van der Waals surface area contributed by atoms with Crippen molar-refractivity contribution in [2.75, 3.05) is 20.8 Å². The second-order valence-corrected chi connectivity index (χ2v) is 5.85. The third-order valence-corrected chi connectivity index (χ3v) is 4.17. The summed E-state index contributed by atoms with van der Waals surface area (Å²) >= 11 is 0. The fourth-order valence-electron chi connectivity index (χ4n) is 2.96. The van der Waals surface area contributed by atoms with Crippen molar-refractivity contribution in [3.8, 4) is 11.5 Å². The second kappa shape index (κ2) is 8.38. The third kappa shape index (κ3) is 4.75. The first-order chi connectivity index (χ1) is 11.5. The molecule has 130 valence electrons. The maximum atomic E-state index is 12.5. The van der Waals surface area contributed by atoms with Gasteiger partial charge in [0.05, 0.1) is 20.8 Å². The summed E-state index contributed by atoms with van der Waals surface area (Å²) in [5, 5.41) is 0. The van der Waals surface area contributed by atoms with Gasteiger partial charge in [0, 0.05) is 18.2 Å². The van der Waals surface area contributed by atoms with Crippen molar-refractivity contribution in [1.29, 1.82) is 0 Å². The molecule has 6 nitrogen and oxygen atoms in total. The molecule has 1 fully saturated rings. The first kappa shape index (κ1) is 17.8. The third-order valence-electron chi connectivity index (χ3n) is 4.17. The lowest BCUT2D eigenvalue weighted by Crippen LogP contribution is -2.43. The van der Waals surface area contributed by atoms with Gasteiger partial charge in [-0.05, 0) is 36.6 Å². The van der Waals surface area contributed by atoms with Gasteiger partial charge in [0.2, 0.25) is 11.8 Å². The number of amides is 2. The number of hydrogen-bond donors (Lipinski definition) is 1. The summed E-state index contributed by atoms with van der Waals surface area (Å²) in [5.74, 6) is 0.589. The van der Waals surface area contributed by atoms with Gasteiger partial charge in [-0.1, -0.05) is 12.8 Å². The molecule has 0 radical (unpaired) electrons. The maximum Gasteiger partial charge on any atom is 0.247 e. The van der Waals surface area contributed by atoms with Crippen LogP contribution in [-0.2, 0) is 9.59 Å². The van der Waals surface area contributed by atoms with Gasteiger partial charge in [0.25, 0.3) is 0 Å². The molecule has 0 atom stereocenters. The van der Waals surface area contributed by atoms with Crippen molar-refractivity contribution in [3.63, 3.8) is 0 Å². The Labute approximate surface area is 142 Å². The Morgan fingerprint density at radius 1 is 1.17 bits per heavy atom. The molecular weight excluding hydrogens is 308 g/mol. The Hall–Kier alpha value is -2.50. The average molecular weight is 332 g/mol. The number of primary amides is 1. The van der Waals surface area contributed by atoms with Crippen LogP contribution in [0.5, 0.6) is 11.5 Å². The summed E-state index contributed by atoms with van der Waals surface area (Å²) in [4.78, 5) is 25.4. The number of ether oxygens (including phenoxy) is 2. The van der Waals surface area contributed by atoms with E-state index in [0.717, 1.165) is 31.2 Å². The van der Waals surface area contributed by atoms with Crippen LogP contribution in [0.3, 0.4) is 0 Å². The standard InChI is InChI=1S/C18H24N2O4/c1-23-15-9-13(10-16(11-15)24-2)7-8-18(22)20(12-17(19)21)14-5-3-4-6-14/h7-11,14H,3-6,12H2,1-2H3,(H2,19,21)/b8-7-. The Kier molecular flexibility index (Phi) is 6.23. The van der Waals surface area contributed by atoms with Crippen LogP contribution in [0.1, 0.15) is 31.2 Å². The Morgan fingerprint density at radius 3 is 2.25 bits per heavy atom. The number of hydrogen-bond acceptors (Lipinski definition) is 4. The molecule has 1 aromatic carbocycles. The van der Waals surface area contributed by atoms with Crippen LogP contribution in [-0.4, -0.2) is 43.5 Å². The monoisotopic (exact) mass is 332 g/mol. The van der Waals surface area contributed by atoms with Crippen molar-refractivity contribution in [2.45, 2.75) is 31.7 Å². The van der Waals surface area contributed by atoms with Crippen LogP contribution in [0.2, 0.25) is 0 Å². The number of benzene rings is 1. The maximum absolute atomic E-state index is 12.5. The first-order valence-corrected chi connectivity index (χ1v) is 8.03. The lowest BCUT2D eigenvalue weighted by atomic mass is 10.1. The van der Waals surface area contributed by atoms with Crippen molar-refractivity contribution in [2.24, 2.45) is 5.73 Å². The number of carbonyl (C=O) groups is 2. The highest BCUT2D eigenvalue weighted by Gasteiger charge is 2.26. The van der Waals surface area contributed by atoms with E-state index >= 15 is 0 Å². The van der Waals surface area contributed by atoms with E-state index in [1.165, 1.54) is 6.08 Å². The van der Waals surface area contributed by atoms with Gasteiger partial charge in [0.15, 0.2) is 0 Å². The molecule has 0 aromatic heterocycles. The first-order valence-electron chi connectivity index (χ1n) is 8.03. The average Bonchev–Trinajstić information content (AvgIpc) is 3.11. The smallest absolute Gasteiger partial charge is 0.247 e. The summed E-state index contributed by atoms with van der Waals surface area (Å²) in [7, 11) is 3.14. The molecule has 0 spiro atoms. The fraction of sp³-hybridized carbons (Fsp3) is 0.444. The molecule has 2 N–H and O–H groups in total. The topological polar surface area (TPSA) is 81.9 Å². The van der Waals surface area contributed by atoms with Crippen LogP contribution in [0, 0.1) is 0 Å². The zero-order chi connectivity index (χ0) is 17.5. The second-order valence-electron chi connectivity index (χ2n) is 5.85. The van der Waals surface area contributed by atoms with Gasteiger partial charge in [-0.25, -0.2) is 0 Å². The Bertz CT molecular complexity index is 599. The quantitative estimate of drug-likeness (QED) is 0.774. The number of methoxy groups -OCH3 is 2. The minimum atomic E-state index is -0.494. The Morgan fingerprint density at radius 2 is 1.75 bits per heavy atom. The highest BCUT2D eigenvalue weighted by Crippen LogP contribution is 2.25. The molecule has 1 aliphatic carbocycles. The van der Waals surface area contributed by atoms with Crippen molar-refractivity contribution in [1.82, 2.24) is 4.90 Å². The molecular formula is C18H24N2O4. The summed E-state index contributed by atoms with van der Waals surface area (Å²) in [6, 6.07) is 5.46. The molecule has 0 saturated heterocycles. The van der Waals surface area contributed by atoms with Gasteiger partial charge in [-0.3, -0.25) is 9.59 Å². The van der Waals surface area contributed by atoms with Gasteiger partial charge in [-0.15, -0.1) is 0 Å². The number of carbonyl (C=O) groups excluding carboxylic acids is 2. The van der Waals surface area contributed by atoms with Crippen LogP contribution >= 0.6 is 0 Å². The molecule has 6 heteroatoms. The van der Waals surface area contributed by atoms with E-state index in [1.807, 2.05) is 0 Å². The van der Waals surface area contributed by atoms with Gasteiger partial charge >= 0.3 is 0 Å². The summed E-state index contributed by atoms with van der Waals surface area (Å²) in [6.07, 6.45) is 7.14.